The average Bonchev–Trinajstić information content (AvgIpc) is 2.59. The van der Waals surface area contributed by atoms with Gasteiger partial charge in [-0.3, -0.25) is 9.36 Å². The van der Waals surface area contributed by atoms with E-state index in [1.807, 2.05) is 6.92 Å². The Kier molecular flexibility index (Phi) is 8.90. The van der Waals surface area contributed by atoms with Gasteiger partial charge in [0.2, 0.25) is 0 Å². The van der Waals surface area contributed by atoms with Crippen molar-refractivity contribution in [2.24, 2.45) is 0 Å². The van der Waals surface area contributed by atoms with Crippen LogP contribution < -0.4 is 9.47 Å². The van der Waals surface area contributed by atoms with Gasteiger partial charge in [-0.25, -0.2) is 0 Å². The molecule has 0 N–H and O–H groups in total. The topological polar surface area (TPSA) is 71.1 Å². The summed E-state index contributed by atoms with van der Waals surface area (Å²) in [4.78, 5) is 12.6. The molecule has 0 heterocycles. The van der Waals surface area contributed by atoms with E-state index in [1.165, 1.54) is 7.11 Å². The first-order valence-corrected chi connectivity index (χ1v) is 9.86. The predicted molar refractivity (Wildman–Crippen MR) is 98.3 cm³/mol. The van der Waals surface area contributed by atoms with E-state index in [9.17, 15) is 9.36 Å². The molecule has 25 heavy (non-hydrogen) atoms. The quantitative estimate of drug-likeness (QED) is 0.416. The minimum atomic E-state index is -3.68. The molecule has 0 aliphatic carbocycles. The maximum atomic E-state index is 13.1. The molecule has 0 saturated heterocycles. The molecule has 0 spiro atoms. The Morgan fingerprint density at radius 3 is 2.12 bits per heavy atom. The van der Waals surface area contributed by atoms with Crippen LogP contribution in [0.1, 0.15) is 39.2 Å². The smallest absolute Gasteiger partial charge is 0.364 e. The molecular weight excluding hydrogens is 343 g/mol. The number of allylic oxidation sites excluding steroid dienone is 1. The number of hydrogen-bond donors (Lipinski definition) is 0. The van der Waals surface area contributed by atoms with Crippen LogP contribution in [0.4, 0.5) is 0 Å². The minimum absolute atomic E-state index is 0.0604. The van der Waals surface area contributed by atoms with Crippen LogP contribution in [0.25, 0.3) is 6.08 Å². The van der Waals surface area contributed by atoms with Crippen LogP contribution in [0.5, 0.6) is 11.5 Å². The van der Waals surface area contributed by atoms with Crippen LogP contribution in [0, 0.1) is 0 Å². The zero-order chi connectivity index (χ0) is 18.9. The van der Waals surface area contributed by atoms with Gasteiger partial charge in [0.15, 0.2) is 17.3 Å². The number of benzene rings is 1. The third-order valence-electron chi connectivity index (χ3n) is 3.37. The number of methoxy groups -OCH3 is 2. The largest absolute Gasteiger partial charge is 0.493 e. The van der Waals surface area contributed by atoms with Crippen molar-refractivity contribution in [1.29, 1.82) is 0 Å². The van der Waals surface area contributed by atoms with Crippen molar-refractivity contribution in [3.8, 4) is 11.5 Å². The maximum Gasteiger partial charge on any atom is 0.364 e. The zero-order valence-corrected chi connectivity index (χ0v) is 16.4. The molecule has 0 radical (unpaired) electrons. The second kappa shape index (κ2) is 10.4. The molecule has 1 aromatic carbocycles. The van der Waals surface area contributed by atoms with Crippen molar-refractivity contribution in [3.05, 3.63) is 29.1 Å². The van der Waals surface area contributed by atoms with Crippen molar-refractivity contribution in [1.82, 2.24) is 0 Å². The first kappa shape index (κ1) is 21.4. The number of carbonyl (C=O) groups is 1. The molecule has 0 aliphatic rings. The number of hydrogen-bond acceptors (Lipinski definition) is 6. The Bertz CT molecular complexity index is 643. The monoisotopic (exact) mass is 370 g/mol. The highest BCUT2D eigenvalue weighted by Gasteiger charge is 2.34. The highest BCUT2D eigenvalue weighted by Crippen LogP contribution is 2.57. The summed E-state index contributed by atoms with van der Waals surface area (Å²) in [7, 11) is -0.612. The van der Waals surface area contributed by atoms with Gasteiger partial charge in [-0.2, -0.15) is 0 Å². The molecule has 0 atom stereocenters. The second-order valence-corrected chi connectivity index (χ2v) is 7.14. The van der Waals surface area contributed by atoms with Crippen LogP contribution in [-0.2, 0) is 18.4 Å². The molecule has 1 aromatic rings. The van der Waals surface area contributed by atoms with Crippen LogP contribution in [0.2, 0.25) is 0 Å². The van der Waals surface area contributed by atoms with Crippen LogP contribution in [-0.4, -0.2) is 33.2 Å². The Hall–Kier alpha value is -1.62. The standard InChI is InChI=1S/C18H27O6P/c1-6-9-15(19)18(25(20,23-7-2)24-8-3)13-14-10-11-16(21-4)17(12-14)22-5/h10-13H,6-9H2,1-5H3/b18-13+. The van der Waals surface area contributed by atoms with Crippen molar-refractivity contribution in [2.75, 3.05) is 27.4 Å². The van der Waals surface area contributed by atoms with E-state index in [0.29, 0.717) is 23.5 Å². The molecule has 0 bridgehead atoms. The molecule has 1 rings (SSSR count). The van der Waals surface area contributed by atoms with Gasteiger partial charge in [-0.05, 0) is 44.0 Å². The summed E-state index contributed by atoms with van der Waals surface area (Å²) >= 11 is 0. The lowest BCUT2D eigenvalue weighted by molar-refractivity contribution is -0.115. The summed E-state index contributed by atoms with van der Waals surface area (Å²) in [6.45, 7) is 5.67. The Labute approximate surface area is 149 Å². The van der Waals surface area contributed by atoms with E-state index in [0.717, 1.165) is 0 Å². The number of rotatable bonds is 11. The van der Waals surface area contributed by atoms with E-state index >= 15 is 0 Å². The third-order valence-corrected chi connectivity index (χ3v) is 5.53. The lowest BCUT2D eigenvalue weighted by Gasteiger charge is -2.19. The van der Waals surface area contributed by atoms with Crippen LogP contribution in [0.3, 0.4) is 0 Å². The number of carbonyl (C=O) groups excluding carboxylic acids is 1. The molecule has 140 valence electrons. The molecule has 7 heteroatoms. The van der Waals surface area contributed by atoms with E-state index in [4.69, 9.17) is 18.5 Å². The van der Waals surface area contributed by atoms with Gasteiger partial charge in [-0.15, -0.1) is 0 Å². The van der Waals surface area contributed by atoms with Gasteiger partial charge in [0.1, 0.15) is 5.31 Å². The number of ketones is 1. The van der Waals surface area contributed by atoms with Gasteiger partial charge in [-0.1, -0.05) is 13.0 Å². The fourth-order valence-corrected chi connectivity index (χ4v) is 4.04. The Morgan fingerprint density at radius 1 is 1.04 bits per heavy atom. The number of Topliss-reactive ketones (excluding diaryl/α,β-unsaturated/α-hetero) is 1. The van der Waals surface area contributed by atoms with Gasteiger partial charge in [0.25, 0.3) is 0 Å². The van der Waals surface area contributed by atoms with Crippen molar-refractivity contribution in [3.63, 3.8) is 0 Å². The first-order chi connectivity index (χ1) is 11.9. The summed E-state index contributed by atoms with van der Waals surface area (Å²) in [5, 5.41) is 0.0604. The van der Waals surface area contributed by atoms with E-state index in [1.54, 1.807) is 45.2 Å². The molecule has 0 aliphatic heterocycles. The molecule has 6 nitrogen and oxygen atoms in total. The van der Waals surface area contributed by atoms with Crippen LogP contribution in [0.15, 0.2) is 23.5 Å². The summed E-state index contributed by atoms with van der Waals surface area (Å²) in [5.74, 6) is 0.836. The molecule has 0 saturated carbocycles. The predicted octanol–water partition coefficient (Wildman–Crippen LogP) is 4.68. The average molecular weight is 370 g/mol. The summed E-state index contributed by atoms with van der Waals surface area (Å²) in [6.07, 6.45) is 2.45. The normalized spacial score (nSPS) is 12.1. The molecule has 0 fully saturated rings. The summed E-state index contributed by atoms with van der Waals surface area (Å²) in [5.41, 5.74) is 0.650. The Balaban J connectivity index is 3.43. The SMILES string of the molecule is CCCC(=O)/C(=C\c1ccc(OC)c(OC)c1)P(=O)(OCC)OCC. The van der Waals surface area contributed by atoms with E-state index in [2.05, 4.69) is 0 Å². The summed E-state index contributed by atoms with van der Waals surface area (Å²) in [6, 6.07) is 5.18. The van der Waals surface area contributed by atoms with Gasteiger partial charge in [0.05, 0.1) is 27.4 Å². The minimum Gasteiger partial charge on any atom is -0.493 e. The van der Waals surface area contributed by atoms with Crippen molar-refractivity contribution < 1.29 is 27.9 Å². The molecule has 0 aromatic heterocycles. The highest BCUT2D eigenvalue weighted by molar-refractivity contribution is 7.60. The Morgan fingerprint density at radius 2 is 1.64 bits per heavy atom. The second-order valence-electron chi connectivity index (χ2n) is 5.15. The maximum absolute atomic E-state index is 13.1. The van der Waals surface area contributed by atoms with Gasteiger partial charge >= 0.3 is 7.60 Å². The highest BCUT2D eigenvalue weighted by atomic mass is 31.2. The van der Waals surface area contributed by atoms with Crippen molar-refractivity contribution in [2.45, 2.75) is 33.6 Å². The van der Waals surface area contributed by atoms with Gasteiger partial charge in [0, 0.05) is 6.42 Å². The zero-order valence-electron chi connectivity index (χ0n) is 15.5. The first-order valence-electron chi connectivity index (χ1n) is 8.32. The van der Waals surface area contributed by atoms with E-state index in [-0.39, 0.29) is 30.7 Å². The lowest BCUT2D eigenvalue weighted by Crippen LogP contribution is -2.08. The fourth-order valence-electron chi connectivity index (χ4n) is 2.28. The van der Waals surface area contributed by atoms with Crippen molar-refractivity contribution >= 4 is 19.5 Å². The molecule has 0 amide bonds. The molecular formula is C18H27O6P. The third kappa shape index (κ3) is 5.70. The fraction of sp³-hybridized carbons (Fsp3) is 0.500. The van der Waals surface area contributed by atoms with Crippen LogP contribution >= 0.6 is 7.60 Å². The summed E-state index contributed by atoms with van der Waals surface area (Å²) < 4.78 is 34.3. The van der Waals surface area contributed by atoms with E-state index < -0.39 is 7.60 Å². The lowest BCUT2D eigenvalue weighted by atomic mass is 10.1. The molecule has 0 unspecified atom stereocenters. The van der Waals surface area contributed by atoms with Gasteiger partial charge < -0.3 is 18.5 Å². The number of ether oxygens (including phenoxy) is 2.